The van der Waals surface area contributed by atoms with Crippen LogP contribution in [0, 0.1) is 13.8 Å². The molecule has 0 radical (unpaired) electrons. The van der Waals surface area contributed by atoms with Gasteiger partial charge in [-0.25, -0.2) is 0 Å². The van der Waals surface area contributed by atoms with E-state index in [4.69, 9.17) is 4.74 Å². The summed E-state index contributed by atoms with van der Waals surface area (Å²) in [6, 6.07) is 6.21. The van der Waals surface area contributed by atoms with E-state index in [2.05, 4.69) is 23.5 Å². The number of aryl methyl sites for hydroxylation is 2. The van der Waals surface area contributed by atoms with E-state index in [9.17, 15) is 9.90 Å². The molecular weight excluding hydrogens is 286 g/mol. The van der Waals surface area contributed by atoms with Crippen LogP contribution in [0.2, 0.25) is 0 Å². The number of rotatable bonds is 8. The molecule has 0 aliphatic carbocycles. The third-order valence-corrected chi connectivity index (χ3v) is 4.37. The Kier molecular flexibility index (Phi) is 7.22. The number of thioether (sulfide) groups is 1. The summed E-state index contributed by atoms with van der Waals surface area (Å²) in [6.45, 7) is 6.48. The predicted octanol–water partition coefficient (Wildman–Crippen LogP) is 2.30. The van der Waals surface area contributed by atoms with Crippen molar-refractivity contribution in [1.82, 2.24) is 5.32 Å². The van der Waals surface area contributed by atoms with Gasteiger partial charge < -0.3 is 15.2 Å². The number of carbonyl (C=O) groups excluding carboxylic acids is 1. The third-order valence-electron chi connectivity index (χ3n) is 3.21. The van der Waals surface area contributed by atoms with Crippen molar-refractivity contribution in [2.45, 2.75) is 37.7 Å². The lowest BCUT2D eigenvalue weighted by Gasteiger charge is -2.23. The minimum atomic E-state index is -0.935. The molecule has 0 aliphatic heterocycles. The van der Waals surface area contributed by atoms with Crippen molar-refractivity contribution in [3.8, 4) is 0 Å². The van der Waals surface area contributed by atoms with E-state index >= 15 is 0 Å². The van der Waals surface area contributed by atoms with Gasteiger partial charge in [0.25, 0.3) is 0 Å². The molecule has 0 saturated carbocycles. The summed E-state index contributed by atoms with van der Waals surface area (Å²) >= 11 is 1.52. The second-order valence-electron chi connectivity index (χ2n) is 5.57. The van der Waals surface area contributed by atoms with E-state index in [-0.39, 0.29) is 12.5 Å². The highest BCUT2D eigenvalue weighted by Crippen LogP contribution is 2.23. The smallest absolute Gasteiger partial charge is 0.230 e. The first-order valence-electron chi connectivity index (χ1n) is 7.02. The molecule has 0 bridgehead atoms. The van der Waals surface area contributed by atoms with Crippen LogP contribution in [0.1, 0.15) is 24.5 Å². The number of ether oxygens (including phenoxy) is 1. The first-order chi connectivity index (χ1) is 9.84. The summed E-state index contributed by atoms with van der Waals surface area (Å²) < 4.78 is 4.94. The topological polar surface area (TPSA) is 58.6 Å². The Hall–Kier alpha value is -1.04. The summed E-state index contributed by atoms with van der Waals surface area (Å²) in [7, 11) is 1.59. The minimum Gasteiger partial charge on any atom is -0.388 e. The van der Waals surface area contributed by atoms with Crippen molar-refractivity contribution in [2.75, 3.05) is 26.0 Å². The molecule has 5 heteroatoms. The van der Waals surface area contributed by atoms with Crippen molar-refractivity contribution in [1.29, 1.82) is 0 Å². The molecule has 0 heterocycles. The molecular formula is C16H25NO3S. The van der Waals surface area contributed by atoms with Gasteiger partial charge in [0.2, 0.25) is 5.91 Å². The van der Waals surface area contributed by atoms with Crippen molar-refractivity contribution in [2.24, 2.45) is 0 Å². The highest BCUT2D eigenvalue weighted by atomic mass is 32.2. The van der Waals surface area contributed by atoms with Crippen LogP contribution < -0.4 is 5.32 Å². The molecule has 1 aromatic rings. The Morgan fingerprint density at radius 2 is 2.14 bits per heavy atom. The molecule has 1 unspecified atom stereocenters. The third kappa shape index (κ3) is 6.98. The fourth-order valence-electron chi connectivity index (χ4n) is 1.76. The number of hydrogen-bond acceptors (Lipinski definition) is 4. The zero-order valence-corrected chi connectivity index (χ0v) is 14.0. The summed E-state index contributed by atoms with van der Waals surface area (Å²) in [4.78, 5) is 13.0. The highest BCUT2D eigenvalue weighted by Gasteiger charge is 2.20. The molecule has 2 N–H and O–H groups in total. The SMILES string of the molecule is COCCC(C)(O)CNC(=O)CSc1cc(C)ccc1C. The van der Waals surface area contributed by atoms with Gasteiger partial charge in [-0.3, -0.25) is 4.79 Å². The molecule has 1 amide bonds. The minimum absolute atomic E-state index is 0.0707. The Balaban J connectivity index is 2.39. The van der Waals surface area contributed by atoms with Crippen LogP contribution in [0.25, 0.3) is 0 Å². The molecule has 4 nitrogen and oxygen atoms in total. The van der Waals surface area contributed by atoms with Crippen LogP contribution in [0.3, 0.4) is 0 Å². The monoisotopic (exact) mass is 311 g/mol. The molecule has 0 aliphatic rings. The maximum atomic E-state index is 11.9. The zero-order valence-electron chi connectivity index (χ0n) is 13.2. The van der Waals surface area contributed by atoms with Gasteiger partial charge in [0.1, 0.15) is 0 Å². The lowest BCUT2D eigenvalue weighted by atomic mass is 10.0. The van der Waals surface area contributed by atoms with E-state index < -0.39 is 5.60 Å². The van der Waals surface area contributed by atoms with E-state index in [1.54, 1.807) is 14.0 Å². The van der Waals surface area contributed by atoms with Crippen LogP contribution in [0.5, 0.6) is 0 Å². The average Bonchev–Trinajstić information content (AvgIpc) is 2.44. The molecule has 0 fully saturated rings. The van der Waals surface area contributed by atoms with Crippen LogP contribution in [-0.2, 0) is 9.53 Å². The number of benzene rings is 1. The molecule has 21 heavy (non-hydrogen) atoms. The summed E-state index contributed by atoms with van der Waals surface area (Å²) in [6.07, 6.45) is 0.494. The summed E-state index contributed by atoms with van der Waals surface area (Å²) in [5.74, 6) is 0.281. The van der Waals surface area contributed by atoms with Gasteiger partial charge in [0.15, 0.2) is 0 Å². The second-order valence-corrected chi connectivity index (χ2v) is 6.59. The maximum Gasteiger partial charge on any atom is 0.230 e. The number of nitrogens with one attached hydrogen (secondary N) is 1. The normalized spacial score (nSPS) is 13.8. The number of carbonyl (C=O) groups is 1. The number of hydrogen-bond donors (Lipinski definition) is 2. The Bertz CT molecular complexity index is 475. The van der Waals surface area contributed by atoms with Gasteiger partial charge in [0, 0.05) is 31.6 Å². The highest BCUT2D eigenvalue weighted by molar-refractivity contribution is 8.00. The lowest BCUT2D eigenvalue weighted by Crippen LogP contribution is -2.42. The molecule has 0 aromatic heterocycles. The van der Waals surface area contributed by atoms with Gasteiger partial charge in [-0.15, -0.1) is 11.8 Å². The predicted molar refractivity (Wildman–Crippen MR) is 86.8 cm³/mol. The molecule has 1 atom stereocenters. The zero-order chi connectivity index (χ0) is 15.9. The Labute approximate surface area is 131 Å². The second kappa shape index (κ2) is 8.41. The standard InChI is InChI=1S/C16H25NO3S/c1-12-5-6-13(2)14(9-12)21-10-15(18)17-11-16(3,19)7-8-20-4/h5-6,9,19H,7-8,10-11H2,1-4H3,(H,17,18). The molecule has 0 spiro atoms. The first-order valence-corrected chi connectivity index (χ1v) is 8.01. The van der Waals surface area contributed by atoms with Crippen molar-refractivity contribution < 1.29 is 14.6 Å². The van der Waals surface area contributed by atoms with Crippen LogP contribution >= 0.6 is 11.8 Å². The van der Waals surface area contributed by atoms with Crippen LogP contribution in [-0.4, -0.2) is 42.6 Å². The number of amides is 1. The maximum absolute atomic E-state index is 11.9. The van der Waals surface area contributed by atoms with Crippen molar-refractivity contribution >= 4 is 17.7 Å². The largest absolute Gasteiger partial charge is 0.388 e. The van der Waals surface area contributed by atoms with Crippen molar-refractivity contribution in [3.63, 3.8) is 0 Å². The van der Waals surface area contributed by atoms with Gasteiger partial charge in [-0.2, -0.15) is 0 Å². The van der Waals surface area contributed by atoms with E-state index in [1.165, 1.54) is 22.9 Å². The van der Waals surface area contributed by atoms with E-state index in [1.807, 2.05) is 13.8 Å². The van der Waals surface area contributed by atoms with E-state index in [0.29, 0.717) is 18.8 Å². The van der Waals surface area contributed by atoms with E-state index in [0.717, 1.165) is 4.90 Å². The van der Waals surface area contributed by atoms with Crippen LogP contribution in [0.4, 0.5) is 0 Å². The van der Waals surface area contributed by atoms with Crippen LogP contribution in [0.15, 0.2) is 23.1 Å². The quantitative estimate of drug-likeness (QED) is 0.723. The number of methoxy groups -OCH3 is 1. The lowest BCUT2D eigenvalue weighted by molar-refractivity contribution is -0.119. The summed E-state index contributed by atoms with van der Waals surface area (Å²) in [5.41, 5.74) is 1.42. The van der Waals surface area contributed by atoms with Gasteiger partial charge >= 0.3 is 0 Å². The first kappa shape index (κ1) is 18.0. The molecule has 0 saturated heterocycles. The molecule has 118 valence electrons. The summed E-state index contributed by atoms with van der Waals surface area (Å²) in [5, 5.41) is 12.8. The van der Waals surface area contributed by atoms with Gasteiger partial charge in [-0.05, 0) is 32.4 Å². The number of aliphatic hydroxyl groups is 1. The molecule has 1 rings (SSSR count). The Morgan fingerprint density at radius 3 is 2.81 bits per heavy atom. The Morgan fingerprint density at radius 1 is 1.43 bits per heavy atom. The fraction of sp³-hybridized carbons (Fsp3) is 0.562. The fourth-order valence-corrected chi connectivity index (χ4v) is 2.71. The average molecular weight is 311 g/mol. The molecule has 1 aromatic carbocycles. The van der Waals surface area contributed by atoms with Gasteiger partial charge in [-0.1, -0.05) is 17.7 Å². The van der Waals surface area contributed by atoms with Crippen molar-refractivity contribution in [3.05, 3.63) is 29.3 Å². The van der Waals surface area contributed by atoms with Gasteiger partial charge in [0.05, 0.1) is 11.4 Å².